The summed E-state index contributed by atoms with van der Waals surface area (Å²) in [5, 5.41) is 8.95. The molecule has 1 aliphatic heterocycles. The second-order valence-corrected chi connectivity index (χ2v) is 6.64. The largest absolute Gasteiger partial charge is 0.480 e. The Morgan fingerprint density at radius 2 is 1.92 bits per heavy atom. The summed E-state index contributed by atoms with van der Waals surface area (Å²) in [6, 6.07) is 10.0. The van der Waals surface area contributed by atoms with Crippen LogP contribution in [0.2, 0.25) is 0 Å². The SMILES string of the molecule is CCN(C(=O)CN1CCCC(N(C)CC(=O)O)CC1)c1ccccc1. The predicted octanol–water partition coefficient (Wildman–Crippen LogP) is 1.91. The van der Waals surface area contributed by atoms with Gasteiger partial charge in [0.15, 0.2) is 0 Å². The number of hydrogen-bond acceptors (Lipinski definition) is 4. The first-order valence-electron chi connectivity index (χ1n) is 9.01. The molecule has 0 spiro atoms. The van der Waals surface area contributed by atoms with Crippen molar-refractivity contribution in [3.8, 4) is 0 Å². The first-order chi connectivity index (χ1) is 12.0. The first-order valence-corrected chi connectivity index (χ1v) is 9.01. The van der Waals surface area contributed by atoms with E-state index in [0.717, 1.165) is 38.0 Å². The number of para-hydroxylation sites is 1. The minimum Gasteiger partial charge on any atom is -0.480 e. The predicted molar refractivity (Wildman–Crippen MR) is 98.8 cm³/mol. The van der Waals surface area contributed by atoms with Crippen molar-refractivity contribution in [2.75, 3.05) is 44.7 Å². The molecule has 0 saturated carbocycles. The molecule has 0 aliphatic carbocycles. The van der Waals surface area contributed by atoms with Crippen LogP contribution in [0, 0.1) is 0 Å². The number of carbonyl (C=O) groups is 2. The van der Waals surface area contributed by atoms with Gasteiger partial charge in [-0.15, -0.1) is 0 Å². The number of rotatable bonds is 7. The highest BCUT2D eigenvalue weighted by atomic mass is 16.4. The van der Waals surface area contributed by atoms with Crippen LogP contribution in [0.4, 0.5) is 5.69 Å². The molecule has 1 N–H and O–H groups in total. The van der Waals surface area contributed by atoms with Crippen molar-refractivity contribution in [3.63, 3.8) is 0 Å². The molecule has 1 amide bonds. The Bertz CT molecular complexity index is 564. The maximum Gasteiger partial charge on any atom is 0.317 e. The van der Waals surface area contributed by atoms with E-state index in [-0.39, 0.29) is 18.5 Å². The number of nitrogens with zero attached hydrogens (tertiary/aromatic N) is 3. The van der Waals surface area contributed by atoms with Crippen LogP contribution in [0.1, 0.15) is 26.2 Å². The lowest BCUT2D eigenvalue weighted by Gasteiger charge is -2.27. The molecular formula is C19H29N3O3. The monoisotopic (exact) mass is 347 g/mol. The lowest BCUT2D eigenvalue weighted by atomic mass is 10.1. The topological polar surface area (TPSA) is 64.1 Å². The number of anilines is 1. The second-order valence-electron chi connectivity index (χ2n) is 6.64. The second kappa shape index (κ2) is 9.53. The zero-order valence-corrected chi connectivity index (χ0v) is 15.2. The maximum atomic E-state index is 12.7. The fourth-order valence-corrected chi connectivity index (χ4v) is 3.47. The number of amides is 1. The fourth-order valence-electron chi connectivity index (χ4n) is 3.47. The third kappa shape index (κ3) is 5.83. The molecule has 0 bridgehead atoms. The minimum atomic E-state index is -0.791. The van der Waals surface area contributed by atoms with Crippen LogP contribution in [0.5, 0.6) is 0 Å². The summed E-state index contributed by atoms with van der Waals surface area (Å²) < 4.78 is 0. The zero-order valence-electron chi connectivity index (χ0n) is 15.2. The number of carbonyl (C=O) groups excluding carboxylic acids is 1. The molecular weight excluding hydrogens is 318 g/mol. The molecule has 1 aromatic carbocycles. The number of carboxylic acid groups (broad SMARTS) is 1. The van der Waals surface area contributed by atoms with E-state index in [2.05, 4.69) is 4.90 Å². The van der Waals surface area contributed by atoms with Crippen LogP contribution < -0.4 is 4.90 Å². The number of likely N-dealkylation sites (N-methyl/N-ethyl adjacent to an activating group) is 2. The number of carboxylic acids is 1. The lowest BCUT2D eigenvalue weighted by Crippen LogP contribution is -2.41. The van der Waals surface area contributed by atoms with Gasteiger partial charge in [0.2, 0.25) is 5.91 Å². The van der Waals surface area contributed by atoms with Gasteiger partial charge in [-0.3, -0.25) is 19.4 Å². The van der Waals surface area contributed by atoms with Crippen molar-refractivity contribution >= 4 is 17.6 Å². The van der Waals surface area contributed by atoms with E-state index in [4.69, 9.17) is 5.11 Å². The van der Waals surface area contributed by atoms with E-state index in [1.165, 1.54) is 0 Å². The van der Waals surface area contributed by atoms with Crippen LogP contribution in [-0.4, -0.2) is 72.6 Å². The van der Waals surface area contributed by atoms with Gasteiger partial charge in [0, 0.05) is 24.8 Å². The van der Waals surface area contributed by atoms with Gasteiger partial charge < -0.3 is 10.0 Å². The van der Waals surface area contributed by atoms with Crippen molar-refractivity contribution in [3.05, 3.63) is 30.3 Å². The Kier molecular flexibility index (Phi) is 7.40. The Labute approximate surface area is 150 Å². The average molecular weight is 347 g/mol. The number of aliphatic carboxylic acids is 1. The maximum absolute atomic E-state index is 12.7. The smallest absolute Gasteiger partial charge is 0.317 e. The molecule has 25 heavy (non-hydrogen) atoms. The zero-order chi connectivity index (χ0) is 18.2. The minimum absolute atomic E-state index is 0.0707. The van der Waals surface area contributed by atoms with Crippen LogP contribution in [0.3, 0.4) is 0 Å². The summed E-state index contributed by atoms with van der Waals surface area (Å²) in [4.78, 5) is 29.5. The first kappa shape index (κ1) is 19.4. The number of hydrogen-bond donors (Lipinski definition) is 1. The van der Waals surface area contributed by atoms with Gasteiger partial charge in [-0.25, -0.2) is 0 Å². The molecule has 0 radical (unpaired) electrons. The van der Waals surface area contributed by atoms with Gasteiger partial charge in [0.05, 0.1) is 13.1 Å². The van der Waals surface area contributed by atoms with Crippen molar-refractivity contribution in [1.29, 1.82) is 0 Å². The summed E-state index contributed by atoms with van der Waals surface area (Å²) in [5.41, 5.74) is 0.934. The highest BCUT2D eigenvalue weighted by molar-refractivity contribution is 5.94. The van der Waals surface area contributed by atoms with E-state index in [0.29, 0.717) is 13.1 Å². The van der Waals surface area contributed by atoms with Gasteiger partial charge in [-0.05, 0) is 51.9 Å². The van der Waals surface area contributed by atoms with E-state index < -0.39 is 5.97 Å². The Morgan fingerprint density at radius 1 is 1.20 bits per heavy atom. The molecule has 0 aromatic heterocycles. The van der Waals surface area contributed by atoms with Crippen molar-refractivity contribution in [2.45, 2.75) is 32.2 Å². The van der Waals surface area contributed by atoms with Crippen LogP contribution >= 0.6 is 0 Å². The third-order valence-corrected chi connectivity index (χ3v) is 4.84. The lowest BCUT2D eigenvalue weighted by molar-refractivity contribution is -0.138. The summed E-state index contributed by atoms with van der Waals surface area (Å²) in [5.74, 6) is -0.675. The number of likely N-dealkylation sites (tertiary alicyclic amines) is 1. The molecule has 138 valence electrons. The van der Waals surface area contributed by atoms with Crippen LogP contribution in [-0.2, 0) is 9.59 Å². The molecule has 6 heteroatoms. The molecule has 1 aromatic rings. The Balaban J connectivity index is 1.90. The highest BCUT2D eigenvalue weighted by Crippen LogP contribution is 2.17. The standard InChI is InChI=1S/C19H29N3O3/c1-3-22(17-8-5-4-6-9-17)18(23)14-21-12-7-10-16(11-13-21)20(2)15-19(24)25/h4-6,8-9,16H,3,7,10-15H2,1-2H3,(H,24,25). The van der Waals surface area contributed by atoms with E-state index in [1.54, 1.807) is 0 Å². The van der Waals surface area contributed by atoms with Crippen LogP contribution in [0.25, 0.3) is 0 Å². The molecule has 1 atom stereocenters. The van der Waals surface area contributed by atoms with E-state index in [1.807, 2.05) is 54.1 Å². The fraction of sp³-hybridized carbons (Fsp3) is 0.579. The molecule has 6 nitrogen and oxygen atoms in total. The normalized spacial score (nSPS) is 18.8. The number of benzene rings is 1. The van der Waals surface area contributed by atoms with Crippen molar-refractivity contribution in [1.82, 2.24) is 9.80 Å². The highest BCUT2D eigenvalue weighted by Gasteiger charge is 2.24. The van der Waals surface area contributed by atoms with Gasteiger partial charge >= 0.3 is 5.97 Å². The quantitative estimate of drug-likeness (QED) is 0.816. The van der Waals surface area contributed by atoms with E-state index in [9.17, 15) is 9.59 Å². The molecule has 1 unspecified atom stereocenters. The van der Waals surface area contributed by atoms with Gasteiger partial charge in [0.1, 0.15) is 0 Å². The molecule has 1 aliphatic rings. The van der Waals surface area contributed by atoms with Gasteiger partial charge in [-0.2, -0.15) is 0 Å². The van der Waals surface area contributed by atoms with Gasteiger partial charge in [-0.1, -0.05) is 18.2 Å². The summed E-state index contributed by atoms with van der Waals surface area (Å²) in [7, 11) is 1.87. The molecule has 1 fully saturated rings. The summed E-state index contributed by atoms with van der Waals surface area (Å²) in [6.45, 7) is 4.84. The Morgan fingerprint density at radius 3 is 2.56 bits per heavy atom. The molecule has 2 rings (SSSR count). The summed E-state index contributed by atoms with van der Waals surface area (Å²) >= 11 is 0. The Hall–Kier alpha value is -1.92. The molecule has 1 saturated heterocycles. The van der Waals surface area contributed by atoms with E-state index >= 15 is 0 Å². The van der Waals surface area contributed by atoms with Gasteiger partial charge in [0.25, 0.3) is 0 Å². The van der Waals surface area contributed by atoms with Crippen molar-refractivity contribution < 1.29 is 14.7 Å². The third-order valence-electron chi connectivity index (χ3n) is 4.84. The van der Waals surface area contributed by atoms with Crippen molar-refractivity contribution in [2.24, 2.45) is 0 Å². The molecule has 1 heterocycles. The average Bonchev–Trinajstić information content (AvgIpc) is 2.81. The van der Waals surface area contributed by atoms with Crippen LogP contribution in [0.15, 0.2) is 30.3 Å². The summed E-state index contributed by atoms with van der Waals surface area (Å²) in [6.07, 6.45) is 2.86.